The number of halogens is 9. The molecule has 0 bridgehead atoms. The highest BCUT2D eigenvalue weighted by molar-refractivity contribution is 6.11. The number of hydrogen-bond acceptors (Lipinski definition) is 3. The molecule has 3 aromatic rings. The van der Waals surface area contributed by atoms with Gasteiger partial charge in [0, 0.05) is 5.56 Å². The molecule has 0 fully saturated rings. The van der Waals surface area contributed by atoms with Gasteiger partial charge in [0.05, 0.1) is 17.0 Å². The van der Waals surface area contributed by atoms with E-state index >= 15 is 0 Å². The lowest BCUT2D eigenvalue weighted by Crippen LogP contribution is -2.21. The number of alkyl halides is 9. The van der Waals surface area contributed by atoms with E-state index in [0.717, 1.165) is 24.3 Å². The summed E-state index contributed by atoms with van der Waals surface area (Å²) in [6, 6.07) is 14.3. The second kappa shape index (κ2) is 9.96. The lowest BCUT2D eigenvalue weighted by atomic mass is 10.0. The summed E-state index contributed by atoms with van der Waals surface area (Å²) in [5.41, 5.74) is 1.54. The van der Waals surface area contributed by atoms with Crippen molar-refractivity contribution >= 4 is 11.4 Å². The van der Waals surface area contributed by atoms with Gasteiger partial charge in [-0.15, -0.1) is 13.2 Å². The molecule has 0 aliphatic heterocycles. The van der Waals surface area contributed by atoms with E-state index in [1.807, 2.05) is 0 Å². The van der Waals surface area contributed by atoms with Crippen molar-refractivity contribution in [1.82, 2.24) is 0 Å². The van der Waals surface area contributed by atoms with Crippen LogP contribution in [0.25, 0.3) is 11.1 Å². The Morgan fingerprint density at radius 3 is 1.97 bits per heavy atom. The van der Waals surface area contributed by atoms with Crippen LogP contribution in [0.4, 0.5) is 45.2 Å². The molecule has 0 saturated carbocycles. The van der Waals surface area contributed by atoms with Crippen molar-refractivity contribution in [3.8, 4) is 16.9 Å². The summed E-state index contributed by atoms with van der Waals surface area (Å²) in [6.45, 7) is 0. The van der Waals surface area contributed by atoms with E-state index in [1.165, 1.54) is 42.5 Å². The first-order chi connectivity index (χ1) is 16.6. The van der Waals surface area contributed by atoms with Crippen LogP contribution in [-0.4, -0.2) is 18.3 Å². The van der Waals surface area contributed by atoms with Crippen molar-refractivity contribution < 1.29 is 44.3 Å². The van der Waals surface area contributed by atoms with Crippen LogP contribution in [0.2, 0.25) is 0 Å². The van der Waals surface area contributed by atoms with Gasteiger partial charge in [-0.05, 0) is 47.5 Å². The Bertz CT molecular complexity index is 1270. The first kappa shape index (κ1) is 26.6. The number of allylic oxidation sites excluding steroid dienone is 2. The maximum Gasteiger partial charge on any atom is 0.573 e. The smallest absolute Gasteiger partial charge is 0.406 e. The SMILES string of the molecule is N/C(=C\C(=Nc1ccc(-c2cccc(OC(F)(F)F)c2)cc1)c1ccccc1C(F)(F)F)C(F)(F)F. The summed E-state index contributed by atoms with van der Waals surface area (Å²) in [5.74, 6) is -0.471. The van der Waals surface area contributed by atoms with E-state index in [0.29, 0.717) is 23.3 Å². The zero-order valence-electron chi connectivity index (χ0n) is 17.8. The number of nitrogens with zero attached hydrogens (tertiary/aromatic N) is 1. The van der Waals surface area contributed by atoms with Gasteiger partial charge < -0.3 is 10.5 Å². The fourth-order valence-electron chi connectivity index (χ4n) is 3.09. The Labute approximate surface area is 198 Å². The summed E-state index contributed by atoms with van der Waals surface area (Å²) in [6.07, 6.45) is -14.5. The third-order valence-corrected chi connectivity index (χ3v) is 4.65. The molecule has 3 aromatic carbocycles. The van der Waals surface area contributed by atoms with Gasteiger partial charge in [0.25, 0.3) is 0 Å². The second-order valence-corrected chi connectivity index (χ2v) is 7.26. The number of ether oxygens (including phenoxy) is 1. The summed E-state index contributed by atoms with van der Waals surface area (Å²) >= 11 is 0. The maximum absolute atomic E-state index is 13.5. The normalized spacial score (nSPS) is 13.6. The lowest BCUT2D eigenvalue weighted by Gasteiger charge is -2.14. The van der Waals surface area contributed by atoms with Crippen molar-refractivity contribution in [2.45, 2.75) is 18.7 Å². The molecule has 0 amide bonds. The van der Waals surface area contributed by atoms with Gasteiger partial charge in [0.2, 0.25) is 0 Å². The Morgan fingerprint density at radius 2 is 1.39 bits per heavy atom. The van der Waals surface area contributed by atoms with Crippen LogP contribution < -0.4 is 10.5 Å². The van der Waals surface area contributed by atoms with E-state index in [2.05, 4.69) is 9.73 Å². The van der Waals surface area contributed by atoms with Gasteiger partial charge in [-0.25, -0.2) is 4.99 Å². The molecule has 0 atom stereocenters. The van der Waals surface area contributed by atoms with E-state index in [4.69, 9.17) is 5.73 Å². The Hall–Kier alpha value is -3.96. The maximum atomic E-state index is 13.5. The molecule has 0 heterocycles. The Morgan fingerprint density at radius 1 is 0.750 bits per heavy atom. The van der Waals surface area contributed by atoms with Gasteiger partial charge in [0.15, 0.2) is 0 Å². The molecule has 2 N–H and O–H groups in total. The third-order valence-electron chi connectivity index (χ3n) is 4.65. The van der Waals surface area contributed by atoms with Crippen LogP contribution in [0.1, 0.15) is 11.1 Å². The molecular weight excluding hydrogens is 503 g/mol. The molecule has 0 saturated heterocycles. The van der Waals surface area contributed by atoms with Crippen LogP contribution >= 0.6 is 0 Å². The van der Waals surface area contributed by atoms with E-state index in [1.54, 1.807) is 0 Å². The fraction of sp³-hybridized carbons (Fsp3) is 0.125. The minimum absolute atomic E-state index is 0.0281. The van der Waals surface area contributed by atoms with Crippen LogP contribution in [0.15, 0.2) is 89.6 Å². The summed E-state index contributed by atoms with van der Waals surface area (Å²) in [5, 5.41) is 0. The van der Waals surface area contributed by atoms with Crippen LogP contribution in [0.3, 0.4) is 0 Å². The average molecular weight is 518 g/mol. The van der Waals surface area contributed by atoms with E-state index in [-0.39, 0.29) is 5.69 Å². The zero-order chi connectivity index (χ0) is 26.7. The first-order valence-electron chi connectivity index (χ1n) is 9.89. The number of benzene rings is 3. The Kier molecular flexibility index (Phi) is 7.37. The summed E-state index contributed by atoms with van der Waals surface area (Å²) in [7, 11) is 0. The summed E-state index contributed by atoms with van der Waals surface area (Å²) < 4.78 is 121. The highest BCUT2D eigenvalue weighted by Gasteiger charge is 2.36. The van der Waals surface area contributed by atoms with Gasteiger partial charge in [-0.2, -0.15) is 26.3 Å². The largest absolute Gasteiger partial charge is 0.573 e. The van der Waals surface area contributed by atoms with Crippen molar-refractivity contribution in [3.63, 3.8) is 0 Å². The van der Waals surface area contributed by atoms with Crippen LogP contribution in [0, 0.1) is 0 Å². The molecule has 0 spiro atoms. The molecule has 12 heteroatoms. The predicted octanol–water partition coefficient (Wildman–Crippen LogP) is 7.80. The zero-order valence-corrected chi connectivity index (χ0v) is 17.8. The lowest BCUT2D eigenvalue weighted by molar-refractivity contribution is -0.274. The first-order valence-corrected chi connectivity index (χ1v) is 9.89. The Balaban J connectivity index is 2.05. The van der Waals surface area contributed by atoms with Crippen LogP contribution in [0.5, 0.6) is 5.75 Å². The molecule has 0 aromatic heterocycles. The van der Waals surface area contributed by atoms with Gasteiger partial charge >= 0.3 is 18.7 Å². The molecule has 0 aliphatic rings. The fourth-order valence-corrected chi connectivity index (χ4v) is 3.09. The number of rotatable bonds is 5. The number of aliphatic imine (C=N–C) groups is 1. The average Bonchev–Trinajstić information content (AvgIpc) is 2.77. The van der Waals surface area contributed by atoms with Gasteiger partial charge in [-0.1, -0.05) is 42.5 Å². The monoisotopic (exact) mass is 518 g/mol. The minimum Gasteiger partial charge on any atom is -0.406 e. The molecule has 36 heavy (non-hydrogen) atoms. The highest BCUT2D eigenvalue weighted by atomic mass is 19.4. The minimum atomic E-state index is -5.01. The van der Waals surface area contributed by atoms with Crippen molar-refractivity contribution in [3.05, 3.63) is 95.7 Å². The highest BCUT2D eigenvalue weighted by Crippen LogP contribution is 2.34. The number of nitrogens with two attached hydrogens (primary N) is 1. The standard InChI is InChI=1S/C24H15F9N2O/c25-22(26,27)19-7-2-1-6-18(19)20(13-21(34)23(28,29)30)35-16-10-8-14(9-11-16)15-4-3-5-17(12-15)36-24(31,32)33/h1-13H,34H2/b21-13-,35-20?. The van der Waals surface area contributed by atoms with Crippen LogP contribution in [-0.2, 0) is 6.18 Å². The molecule has 0 unspecified atom stereocenters. The predicted molar refractivity (Wildman–Crippen MR) is 115 cm³/mol. The second-order valence-electron chi connectivity index (χ2n) is 7.26. The number of hydrogen-bond donors (Lipinski definition) is 1. The van der Waals surface area contributed by atoms with Crippen molar-refractivity contribution in [2.24, 2.45) is 10.7 Å². The summed E-state index contributed by atoms with van der Waals surface area (Å²) in [4.78, 5) is 3.94. The van der Waals surface area contributed by atoms with Gasteiger partial charge in [0.1, 0.15) is 11.4 Å². The molecule has 0 radical (unpaired) electrons. The molecular formula is C24H15F9N2O. The molecule has 0 aliphatic carbocycles. The van der Waals surface area contributed by atoms with Gasteiger partial charge in [-0.3, -0.25) is 0 Å². The van der Waals surface area contributed by atoms with E-state index in [9.17, 15) is 39.5 Å². The molecule has 190 valence electrons. The molecule has 3 nitrogen and oxygen atoms in total. The topological polar surface area (TPSA) is 47.6 Å². The van der Waals surface area contributed by atoms with E-state index < -0.39 is 47.0 Å². The van der Waals surface area contributed by atoms with Crippen molar-refractivity contribution in [1.29, 1.82) is 0 Å². The quantitative estimate of drug-likeness (QED) is 0.277. The third kappa shape index (κ3) is 7.03. The molecule has 3 rings (SSSR count). The van der Waals surface area contributed by atoms with Crippen molar-refractivity contribution in [2.75, 3.05) is 0 Å².